The lowest BCUT2D eigenvalue weighted by Gasteiger charge is -2.09. The number of anilines is 1. The third kappa shape index (κ3) is 1.98. The van der Waals surface area contributed by atoms with E-state index in [1.807, 2.05) is 0 Å². The molecular formula is C9H11N3O3. The summed E-state index contributed by atoms with van der Waals surface area (Å²) in [4.78, 5) is 13.9. The summed E-state index contributed by atoms with van der Waals surface area (Å²) in [5.41, 5.74) is 0.601. The highest BCUT2D eigenvalue weighted by atomic mass is 16.6. The molecular weight excluding hydrogens is 198 g/mol. The molecule has 0 aliphatic heterocycles. The normalized spacial score (nSPS) is 14.7. The molecule has 1 aliphatic rings. The van der Waals surface area contributed by atoms with Crippen molar-refractivity contribution in [3.8, 4) is 5.75 Å². The van der Waals surface area contributed by atoms with E-state index in [0.29, 0.717) is 5.69 Å². The molecule has 1 saturated carbocycles. The zero-order valence-electron chi connectivity index (χ0n) is 8.27. The van der Waals surface area contributed by atoms with E-state index in [-0.39, 0.29) is 17.7 Å². The van der Waals surface area contributed by atoms with Crippen molar-refractivity contribution in [2.45, 2.75) is 18.9 Å². The van der Waals surface area contributed by atoms with E-state index in [0.717, 1.165) is 12.8 Å². The summed E-state index contributed by atoms with van der Waals surface area (Å²) in [6, 6.07) is 1.66. The van der Waals surface area contributed by atoms with Crippen LogP contribution >= 0.6 is 0 Å². The van der Waals surface area contributed by atoms with Crippen LogP contribution in [0, 0.1) is 10.1 Å². The molecule has 1 aromatic heterocycles. The van der Waals surface area contributed by atoms with Crippen molar-refractivity contribution in [1.82, 2.24) is 4.98 Å². The smallest absolute Gasteiger partial charge is 0.408 e. The van der Waals surface area contributed by atoms with Crippen molar-refractivity contribution in [2.24, 2.45) is 0 Å². The Balaban J connectivity index is 2.38. The molecule has 0 saturated heterocycles. The van der Waals surface area contributed by atoms with Crippen LogP contribution in [-0.2, 0) is 0 Å². The molecule has 0 atom stereocenters. The summed E-state index contributed by atoms with van der Waals surface area (Å²) in [6.45, 7) is 0. The number of hydrogen-bond acceptors (Lipinski definition) is 5. The fraction of sp³-hybridized carbons (Fsp3) is 0.444. The fourth-order valence-electron chi connectivity index (χ4n) is 1.23. The standard InChI is InChI=1S/C9H11N3O3/c1-10-7-4-5-11-9(12(13)14)8(7)15-6-2-3-6/h4-6H,2-3H2,1H3,(H,10,11). The van der Waals surface area contributed by atoms with E-state index in [1.54, 1.807) is 13.1 Å². The minimum Gasteiger partial charge on any atom is -0.481 e. The molecule has 15 heavy (non-hydrogen) atoms. The Morgan fingerprint density at radius 3 is 2.93 bits per heavy atom. The number of hydrogen-bond donors (Lipinski definition) is 1. The van der Waals surface area contributed by atoms with Crippen LogP contribution in [0.1, 0.15) is 12.8 Å². The first kappa shape index (κ1) is 9.70. The highest BCUT2D eigenvalue weighted by Gasteiger charge is 2.29. The van der Waals surface area contributed by atoms with Gasteiger partial charge in [0.1, 0.15) is 6.20 Å². The molecule has 6 nitrogen and oxygen atoms in total. The first-order valence-electron chi connectivity index (χ1n) is 4.70. The number of pyridine rings is 1. The lowest BCUT2D eigenvalue weighted by atomic mass is 10.3. The van der Waals surface area contributed by atoms with Crippen LogP contribution in [-0.4, -0.2) is 23.1 Å². The van der Waals surface area contributed by atoms with Gasteiger partial charge in [0.25, 0.3) is 0 Å². The Bertz CT molecular complexity index is 390. The number of nitrogens with one attached hydrogen (secondary N) is 1. The Labute approximate surface area is 86.4 Å². The summed E-state index contributed by atoms with van der Waals surface area (Å²) >= 11 is 0. The maximum Gasteiger partial charge on any atom is 0.408 e. The topological polar surface area (TPSA) is 77.3 Å². The number of ether oxygens (including phenoxy) is 1. The second-order valence-corrected chi connectivity index (χ2v) is 3.34. The maximum absolute atomic E-state index is 10.7. The molecule has 1 N–H and O–H groups in total. The van der Waals surface area contributed by atoms with Gasteiger partial charge in [-0.3, -0.25) is 0 Å². The van der Waals surface area contributed by atoms with Crippen LogP contribution in [0.2, 0.25) is 0 Å². The highest BCUT2D eigenvalue weighted by molar-refractivity contribution is 5.62. The Morgan fingerprint density at radius 1 is 1.67 bits per heavy atom. The SMILES string of the molecule is CNc1ccnc([N+](=O)[O-])c1OC1CC1. The first-order chi connectivity index (χ1) is 7.22. The zero-order valence-corrected chi connectivity index (χ0v) is 8.27. The van der Waals surface area contributed by atoms with Gasteiger partial charge in [-0.25, -0.2) is 0 Å². The van der Waals surface area contributed by atoms with E-state index in [2.05, 4.69) is 10.3 Å². The van der Waals surface area contributed by atoms with E-state index in [9.17, 15) is 10.1 Å². The van der Waals surface area contributed by atoms with Crippen molar-refractivity contribution >= 4 is 11.5 Å². The van der Waals surface area contributed by atoms with Gasteiger partial charge in [-0.05, 0) is 22.7 Å². The van der Waals surface area contributed by atoms with Gasteiger partial charge in [-0.2, -0.15) is 0 Å². The summed E-state index contributed by atoms with van der Waals surface area (Å²) in [5.74, 6) is 0.0150. The van der Waals surface area contributed by atoms with Gasteiger partial charge in [0.2, 0.25) is 5.75 Å². The predicted octanol–water partition coefficient (Wildman–Crippen LogP) is 1.57. The monoisotopic (exact) mass is 209 g/mol. The molecule has 6 heteroatoms. The van der Waals surface area contributed by atoms with Crippen LogP contribution < -0.4 is 10.1 Å². The summed E-state index contributed by atoms with van der Waals surface area (Å²) in [7, 11) is 1.69. The molecule has 1 fully saturated rings. The van der Waals surface area contributed by atoms with E-state index < -0.39 is 4.92 Å². The molecule has 0 bridgehead atoms. The Hall–Kier alpha value is -1.85. The van der Waals surface area contributed by atoms with Gasteiger partial charge in [-0.1, -0.05) is 0 Å². The minimum absolute atomic E-state index is 0.111. The van der Waals surface area contributed by atoms with Gasteiger partial charge in [0, 0.05) is 13.1 Å². The molecule has 1 heterocycles. The molecule has 0 spiro atoms. The van der Waals surface area contributed by atoms with Crippen molar-refractivity contribution in [2.75, 3.05) is 12.4 Å². The number of rotatable bonds is 4. The summed E-state index contributed by atoms with van der Waals surface area (Å²) in [5, 5.41) is 13.6. The lowest BCUT2D eigenvalue weighted by Crippen LogP contribution is -2.05. The summed E-state index contributed by atoms with van der Waals surface area (Å²) in [6.07, 6.45) is 3.41. The number of nitrogens with zero attached hydrogens (tertiary/aromatic N) is 2. The van der Waals surface area contributed by atoms with Gasteiger partial charge in [0.15, 0.2) is 0 Å². The van der Waals surface area contributed by atoms with Crippen molar-refractivity contribution < 1.29 is 9.66 Å². The second kappa shape index (κ2) is 3.72. The predicted molar refractivity (Wildman–Crippen MR) is 54.1 cm³/mol. The quantitative estimate of drug-likeness (QED) is 0.601. The number of aromatic nitrogens is 1. The van der Waals surface area contributed by atoms with Crippen LogP contribution in [0.25, 0.3) is 0 Å². The van der Waals surface area contributed by atoms with Crippen molar-refractivity contribution in [3.05, 3.63) is 22.4 Å². The van der Waals surface area contributed by atoms with Crippen LogP contribution in [0.4, 0.5) is 11.5 Å². The molecule has 1 aromatic rings. The second-order valence-electron chi connectivity index (χ2n) is 3.34. The lowest BCUT2D eigenvalue weighted by molar-refractivity contribution is -0.390. The molecule has 0 aromatic carbocycles. The van der Waals surface area contributed by atoms with E-state index in [4.69, 9.17) is 4.74 Å². The number of nitro groups is 1. The third-order valence-corrected chi connectivity index (χ3v) is 2.14. The molecule has 1 aliphatic carbocycles. The zero-order chi connectivity index (χ0) is 10.8. The average molecular weight is 209 g/mol. The average Bonchev–Trinajstić information content (AvgIpc) is 3.01. The van der Waals surface area contributed by atoms with E-state index >= 15 is 0 Å². The Morgan fingerprint density at radius 2 is 2.40 bits per heavy atom. The van der Waals surface area contributed by atoms with Crippen molar-refractivity contribution in [1.29, 1.82) is 0 Å². The molecule has 0 radical (unpaired) electrons. The van der Waals surface area contributed by atoms with Crippen LogP contribution in [0.3, 0.4) is 0 Å². The van der Waals surface area contributed by atoms with Crippen LogP contribution in [0.5, 0.6) is 5.75 Å². The fourth-order valence-corrected chi connectivity index (χ4v) is 1.23. The summed E-state index contributed by atoms with van der Waals surface area (Å²) < 4.78 is 5.47. The largest absolute Gasteiger partial charge is 0.481 e. The molecule has 80 valence electrons. The first-order valence-corrected chi connectivity index (χ1v) is 4.70. The highest BCUT2D eigenvalue weighted by Crippen LogP contribution is 2.37. The molecule has 0 unspecified atom stereocenters. The van der Waals surface area contributed by atoms with Crippen LogP contribution in [0.15, 0.2) is 12.3 Å². The molecule has 0 amide bonds. The maximum atomic E-state index is 10.7. The van der Waals surface area contributed by atoms with Gasteiger partial charge in [-0.15, -0.1) is 0 Å². The van der Waals surface area contributed by atoms with Gasteiger partial charge in [0.05, 0.1) is 11.8 Å². The third-order valence-electron chi connectivity index (χ3n) is 2.14. The molecule has 2 rings (SSSR count). The van der Waals surface area contributed by atoms with Gasteiger partial charge < -0.3 is 20.2 Å². The van der Waals surface area contributed by atoms with Gasteiger partial charge >= 0.3 is 5.82 Å². The Kier molecular flexibility index (Phi) is 2.40. The van der Waals surface area contributed by atoms with E-state index in [1.165, 1.54) is 6.20 Å². The van der Waals surface area contributed by atoms with Crippen molar-refractivity contribution in [3.63, 3.8) is 0 Å². The minimum atomic E-state index is -0.529.